The molecule has 0 saturated carbocycles. The third-order valence-corrected chi connectivity index (χ3v) is 5.21. The van der Waals surface area contributed by atoms with E-state index in [9.17, 15) is 13.2 Å². The predicted octanol–water partition coefficient (Wildman–Crippen LogP) is -0.980. The van der Waals surface area contributed by atoms with Gasteiger partial charge in [0.05, 0.1) is 12.3 Å². The van der Waals surface area contributed by atoms with Gasteiger partial charge in [0.2, 0.25) is 15.9 Å². The zero-order valence-corrected chi connectivity index (χ0v) is 12.1. The summed E-state index contributed by atoms with van der Waals surface area (Å²) in [6, 6.07) is -0.626. The van der Waals surface area contributed by atoms with E-state index in [0.29, 0.717) is 31.6 Å². The van der Waals surface area contributed by atoms with Gasteiger partial charge in [-0.1, -0.05) is 12.1 Å². The van der Waals surface area contributed by atoms with Gasteiger partial charge in [-0.25, -0.2) is 8.42 Å². The fourth-order valence-electron chi connectivity index (χ4n) is 2.25. The van der Waals surface area contributed by atoms with Gasteiger partial charge < -0.3 is 5.32 Å². The Morgan fingerprint density at radius 3 is 3.00 bits per heavy atom. The van der Waals surface area contributed by atoms with Gasteiger partial charge in [0.1, 0.15) is 6.04 Å². The molecule has 1 aromatic heterocycles. The van der Waals surface area contributed by atoms with Crippen molar-refractivity contribution in [3.8, 4) is 0 Å². The van der Waals surface area contributed by atoms with E-state index >= 15 is 0 Å². The van der Waals surface area contributed by atoms with Gasteiger partial charge in [-0.05, 0) is 19.3 Å². The van der Waals surface area contributed by atoms with Crippen LogP contribution in [0.1, 0.15) is 32.0 Å². The van der Waals surface area contributed by atoms with Crippen LogP contribution in [0.4, 0.5) is 0 Å². The second-order valence-corrected chi connectivity index (χ2v) is 6.67. The number of aromatic amines is 1. The number of aromatic nitrogens is 4. The monoisotopic (exact) mass is 302 g/mol. The quantitative estimate of drug-likeness (QED) is 0.696. The summed E-state index contributed by atoms with van der Waals surface area (Å²) in [6.45, 7) is 2.34. The number of hydrogen-bond donors (Lipinski definition) is 2. The SMILES string of the molecule is CCCS(=O)(=O)N1CCCC1C(=O)NCc1nn[nH]n1. The molecule has 1 saturated heterocycles. The molecule has 2 N–H and O–H groups in total. The minimum absolute atomic E-state index is 0.0711. The molecule has 0 spiro atoms. The maximum absolute atomic E-state index is 12.1. The molecule has 9 nitrogen and oxygen atoms in total. The molecule has 1 fully saturated rings. The van der Waals surface area contributed by atoms with Crippen LogP contribution in [-0.4, -0.2) is 57.6 Å². The Labute approximate surface area is 117 Å². The largest absolute Gasteiger partial charge is 0.347 e. The van der Waals surface area contributed by atoms with Gasteiger partial charge >= 0.3 is 0 Å². The fourth-order valence-corrected chi connectivity index (χ4v) is 4.00. The van der Waals surface area contributed by atoms with E-state index in [1.807, 2.05) is 0 Å². The summed E-state index contributed by atoms with van der Waals surface area (Å²) in [7, 11) is -3.35. The molecule has 1 amide bonds. The molecule has 20 heavy (non-hydrogen) atoms. The summed E-state index contributed by atoms with van der Waals surface area (Å²) in [5, 5.41) is 15.7. The first-order chi connectivity index (χ1) is 9.54. The Balaban J connectivity index is 1.98. The molecule has 2 heterocycles. The number of amides is 1. The van der Waals surface area contributed by atoms with Crippen LogP contribution in [0.25, 0.3) is 0 Å². The first-order valence-electron chi connectivity index (χ1n) is 6.54. The molecule has 10 heteroatoms. The van der Waals surface area contributed by atoms with Crippen LogP contribution in [0.15, 0.2) is 0 Å². The second-order valence-electron chi connectivity index (χ2n) is 4.63. The third kappa shape index (κ3) is 3.31. The Bertz CT molecular complexity index is 543. The molecule has 0 aliphatic carbocycles. The van der Waals surface area contributed by atoms with E-state index in [2.05, 4.69) is 25.9 Å². The van der Waals surface area contributed by atoms with Gasteiger partial charge in [0.15, 0.2) is 5.82 Å². The summed E-state index contributed by atoms with van der Waals surface area (Å²) >= 11 is 0. The molecule has 1 aliphatic heterocycles. The van der Waals surface area contributed by atoms with Crippen molar-refractivity contribution < 1.29 is 13.2 Å². The Kier molecular flexibility index (Phi) is 4.65. The van der Waals surface area contributed by atoms with Crippen molar-refractivity contribution >= 4 is 15.9 Å². The zero-order chi connectivity index (χ0) is 14.6. The summed E-state index contributed by atoms with van der Waals surface area (Å²) in [6.07, 6.45) is 1.78. The summed E-state index contributed by atoms with van der Waals surface area (Å²) in [5.74, 6) is 0.119. The smallest absolute Gasteiger partial charge is 0.238 e. The number of carbonyl (C=O) groups is 1. The normalized spacial score (nSPS) is 20.1. The van der Waals surface area contributed by atoms with Crippen molar-refractivity contribution in [2.24, 2.45) is 0 Å². The van der Waals surface area contributed by atoms with E-state index < -0.39 is 16.1 Å². The van der Waals surface area contributed by atoms with E-state index in [4.69, 9.17) is 0 Å². The van der Waals surface area contributed by atoms with Crippen molar-refractivity contribution in [1.29, 1.82) is 0 Å². The minimum Gasteiger partial charge on any atom is -0.347 e. The highest BCUT2D eigenvalue weighted by Gasteiger charge is 2.37. The number of hydrogen-bond acceptors (Lipinski definition) is 6. The molecule has 0 radical (unpaired) electrons. The van der Waals surface area contributed by atoms with Crippen LogP contribution in [0.2, 0.25) is 0 Å². The molecular formula is C10H18N6O3S. The highest BCUT2D eigenvalue weighted by atomic mass is 32.2. The van der Waals surface area contributed by atoms with Gasteiger partial charge in [-0.2, -0.15) is 9.52 Å². The molecule has 1 atom stereocenters. The van der Waals surface area contributed by atoms with Crippen molar-refractivity contribution in [1.82, 2.24) is 30.2 Å². The lowest BCUT2D eigenvalue weighted by molar-refractivity contribution is -0.124. The van der Waals surface area contributed by atoms with Crippen molar-refractivity contribution in [3.05, 3.63) is 5.82 Å². The summed E-state index contributed by atoms with van der Waals surface area (Å²) in [4.78, 5) is 12.1. The molecule has 0 aromatic carbocycles. The molecule has 1 unspecified atom stereocenters. The summed E-state index contributed by atoms with van der Waals surface area (Å²) < 4.78 is 25.5. The van der Waals surface area contributed by atoms with Crippen LogP contribution in [0.3, 0.4) is 0 Å². The number of nitrogens with zero attached hydrogens (tertiary/aromatic N) is 4. The Hall–Kier alpha value is -1.55. The first kappa shape index (κ1) is 14.9. The van der Waals surface area contributed by atoms with Gasteiger partial charge in [0.25, 0.3) is 0 Å². The van der Waals surface area contributed by atoms with Crippen LogP contribution in [0, 0.1) is 0 Å². The molecule has 1 aliphatic rings. The van der Waals surface area contributed by atoms with Crippen molar-refractivity contribution in [2.45, 2.75) is 38.8 Å². The van der Waals surface area contributed by atoms with Crippen LogP contribution in [-0.2, 0) is 21.4 Å². The number of rotatable bonds is 6. The van der Waals surface area contributed by atoms with Gasteiger partial charge in [-0.15, -0.1) is 10.2 Å². The van der Waals surface area contributed by atoms with Crippen LogP contribution in [0.5, 0.6) is 0 Å². The number of H-pyrrole nitrogens is 1. The van der Waals surface area contributed by atoms with Crippen molar-refractivity contribution in [2.75, 3.05) is 12.3 Å². The highest BCUT2D eigenvalue weighted by molar-refractivity contribution is 7.89. The average molecular weight is 302 g/mol. The standard InChI is InChI=1S/C10H18N6O3S/c1-2-6-20(18,19)16-5-3-4-8(16)10(17)11-7-9-12-14-15-13-9/h8H,2-7H2,1H3,(H,11,17)(H,12,13,14,15). The number of sulfonamides is 1. The molecule has 112 valence electrons. The van der Waals surface area contributed by atoms with Gasteiger partial charge in [0, 0.05) is 6.54 Å². The lowest BCUT2D eigenvalue weighted by Gasteiger charge is -2.22. The Morgan fingerprint density at radius 1 is 1.55 bits per heavy atom. The molecule has 0 bridgehead atoms. The van der Waals surface area contributed by atoms with E-state index in [0.717, 1.165) is 0 Å². The molecule has 1 aromatic rings. The molecular weight excluding hydrogens is 284 g/mol. The maximum Gasteiger partial charge on any atom is 0.238 e. The van der Waals surface area contributed by atoms with Crippen LogP contribution >= 0.6 is 0 Å². The van der Waals surface area contributed by atoms with E-state index in [1.165, 1.54) is 4.31 Å². The Morgan fingerprint density at radius 2 is 2.35 bits per heavy atom. The second kappa shape index (κ2) is 6.27. The fraction of sp³-hybridized carbons (Fsp3) is 0.800. The predicted molar refractivity (Wildman–Crippen MR) is 69.8 cm³/mol. The highest BCUT2D eigenvalue weighted by Crippen LogP contribution is 2.22. The first-order valence-corrected chi connectivity index (χ1v) is 8.15. The van der Waals surface area contributed by atoms with E-state index in [-0.39, 0.29) is 18.2 Å². The maximum atomic E-state index is 12.1. The van der Waals surface area contributed by atoms with Gasteiger partial charge in [-0.3, -0.25) is 4.79 Å². The third-order valence-electron chi connectivity index (χ3n) is 3.14. The number of tetrazole rings is 1. The number of carbonyl (C=O) groups excluding carboxylic acids is 1. The minimum atomic E-state index is -3.35. The number of nitrogens with one attached hydrogen (secondary N) is 2. The topological polar surface area (TPSA) is 121 Å². The molecule has 2 rings (SSSR count). The lowest BCUT2D eigenvalue weighted by Crippen LogP contribution is -2.46. The summed E-state index contributed by atoms with van der Waals surface area (Å²) in [5.41, 5.74) is 0. The van der Waals surface area contributed by atoms with E-state index in [1.54, 1.807) is 6.92 Å². The average Bonchev–Trinajstić information content (AvgIpc) is 3.07. The lowest BCUT2D eigenvalue weighted by atomic mass is 10.2. The zero-order valence-electron chi connectivity index (χ0n) is 11.2. The van der Waals surface area contributed by atoms with Crippen LogP contribution < -0.4 is 5.32 Å². The van der Waals surface area contributed by atoms with Crippen molar-refractivity contribution in [3.63, 3.8) is 0 Å².